The lowest BCUT2D eigenvalue weighted by molar-refractivity contribution is -0.387. The van der Waals surface area contributed by atoms with Crippen molar-refractivity contribution in [3.63, 3.8) is 0 Å². The van der Waals surface area contributed by atoms with Crippen LogP contribution in [0.25, 0.3) is 0 Å². The molecule has 6 nitrogen and oxygen atoms in total. The van der Waals surface area contributed by atoms with Crippen LogP contribution in [0.1, 0.15) is 46.8 Å². The number of rotatable bonds is 6. The molecule has 3 aromatic rings. The molecular weight excluding hydrogens is 555 g/mol. The number of nitrogens with zero attached hydrogens (tertiary/aromatic N) is 1. The van der Waals surface area contributed by atoms with Gasteiger partial charge in [0.1, 0.15) is 0 Å². The Hall–Kier alpha value is -2.45. The molecule has 2 aliphatic rings. The monoisotopic (exact) mass is 576 g/mol. The van der Waals surface area contributed by atoms with E-state index in [1.807, 2.05) is 24.3 Å². The van der Waals surface area contributed by atoms with Gasteiger partial charge in [-0.3, -0.25) is 10.1 Å². The normalized spacial score (nSPS) is 24.1. The largest absolute Gasteiger partial charge is 0.462 e. The van der Waals surface area contributed by atoms with Crippen molar-refractivity contribution in [2.45, 2.75) is 40.8 Å². The van der Waals surface area contributed by atoms with Crippen molar-refractivity contribution >= 4 is 63.9 Å². The van der Waals surface area contributed by atoms with Gasteiger partial charge < -0.3 is 10.1 Å². The third kappa shape index (κ3) is 5.02. The van der Waals surface area contributed by atoms with Gasteiger partial charge in [-0.1, -0.05) is 41.4 Å². The summed E-state index contributed by atoms with van der Waals surface area (Å²) in [5.74, 6) is -0.490. The Labute approximate surface area is 233 Å². The Morgan fingerprint density at radius 3 is 2.65 bits per heavy atom. The number of ether oxygens (including phenoxy) is 1. The number of anilines is 1. The van der Waals surface area contributed by atoms with E-state index in [-0.39, 0.29) is 51.7 Å². The number of hydrogen-bond acceptors (Lipinski definition) is 6. The summed E-state index contributed by atoms with van der Waals surface area (Å²) >= 11 is 21.4. The Morgan fingerprint density at radius 1 is 1.14 bits per heavy atom. The molecule has 1 N–H and O–H groups in total. The van der Waals surface area contributed by atoms with Gasteiger partial charge in [0.2, 0.25) is 0 Å². The highest BCUT2D eigenvalue weighted by Gasteiger charge is 2.51. The predicted molar refractivity (Wildman–Crippen MR) is 148 cm³/mol. The average molecular weight is 578 g/mol. The second-order valence-electron chi connectivity index (χ2n) is 9.06. The zero-order chi connectivity index (χ0) is 26.3. The van der Waals surface area contributed by atoms with E-state index < -0.39 is 0 Å². The average Bonchev–Trinajstić information content (AvgIpc) is 3.20. The van der Waals surface area contributed by atoms with Crippen LogP contribution >= 0.6 is 46.6 Å². The van der Waals surface area contributed by atoms with E-state index in [1.165, 1.54) is 17.8 Å². The van der Waals surface area contributed by atoms with Crippen LogP contribution in [0.2, 0.25) is 10.0 Å². The van der Waals surface area contributed by atoms with E-state index in [1.54, 1.807) is 37.3 Å². The number of nitro benzene ring substituents is 1. The van der Waals surface area contributed by atoms with Gasteiger partial charge in [0.15, 0.2) is 0 Å². The molecule has 0 unspecified atom stereocenters. The molecule has 0 aromatic heterocycles. The Kier molecular flexibility index (Phi) is 7.59. The molecule has 5 atom stereocenters. The summed E-state index contributed by atoms with van der Waals surface area (Å²) in [5, 5.41) is 15.9. The summed E-state index contributed by atoms with van der Waals surface area (Å²) in [6.45, 7) is 2.05. The maximum atomic E-state index is 12.5. The fourth-order valence-corrected chi connectivity index (χ4v) is 7.86. The van der Waals surface area contributed by atoms with Crippen LogP contribution in [-0.2, 0) is 4.74 Å². The number of carbonyl (C=O) groups excluding carboxylic acids is 1. The number of hydrogen-bond donors (Lipinski definition) is 1. The maximum absolute atomic E-state index is 12.5. The third-order valence-corrected chi connectivity index (χ3v) is 9.64. The quantitative estimate of drug-likeness (QED) is 0.138. The zero-order valence-corrected chi connectivity index (χ0v) is 22.8. The highest BCUT2D eigenvalue weighted by molar-refractivity contribution is 8.00. The fraction of sp³-hybridized carbons (Fsp3) is 0.296. The number of alkyl halides is 1. The van der Waals surface area contributed by atoms with Gasteiger partial charge in [-0.15, -0.1) is 23.4 Å². The van der Waals surface area contributed by atoms with Crippen LogP contribution in [0.5, 0.6) is 0 Å². The summed E-state index contributed by atoms with van der Waals surface area (Å²) in [6.07, 6.45) is 0.690. The van der Waals surface area contributed by atoms with Crippen molar-refractivity contribution in [1.82, 2.24) is 0 Å². The predicted octanol–water partition coefficient (Wildman–Crippen LogP) is 8.12. The van der Waals surface area contributed by atoms with Crippen molar-refractivity contribution in [2.24, 2.45) is 5.92 Å². The molecule has 0 bridgehead atoms. The molecule has 10 heteroatoms. The smallest absolute Gasteiger partial charge is 0.338 e. The number of nitrogens with one attached hydrogen (secondary N) is 1. The van der Waals surface area contributed by atoms with Gasteiger partial charge in [-0.05, 0) is 66.8 Å². The first-order valence-corrected chi connectivity index (χ1v) is 13.9. The summed E-state index contributed by atoms with van der Waals surface area (Å²) in [4.78, 5) is 24.3. The standard InChI is InChI=1S/C27H23Cl3N2O4S/c1-2-36-27(33)14-7-10-20-17(11-14)24-18(26(31-20)16-9-8-15(28)12-19(16)29)13-23(25(24)30)37-22-6-4-3-5-21(22)32(34)35/h3-12,18,23-26,31H,2,13H2,1H3/t18-,23-,24+,25-,26+/m1/s1. The summed E-state index contributed by atoms with van der Waals surface area (Å²) < 4.78 is 5.22. The fourth-order valence-electron chi connectivity index (χ4n) is 5.39. The molecule has 1 heterocycles. The van der Waals surface area contributed by atoms with Gasteiger partial charge >= 0.3 is 5.97 Å². The molecule has 0 spiro atoms. The van der Waals surface area contributed by atoms with Gasteiger partial charge in [0.05, 0.1) is 33.4 Å². The molecule has 0 saturated heterocycles. The van der Waals surface area contributed by atoms with E-state index >= 15 is 0 Å². The van der Waals surface area contributed by atoms with Crippen molar-refractivity contribution in [3.05, 3.63) is 97.5 Å². The minimum Gasteiger partial charge on any atom is -0.462 e. The number of thioether (sulfide) groups is 1. The molecule has 37 heavy (non-hydrogen) atoms. The topological polar surface area (TPSA) is 81.5 Å². The van der Waals surface area contributed by atoms with Crippen molar-refractivity contribution in [2.75, 3.05) is 11.9 Å². The van der Waals surface area contributed by atoms with Gasteiger partial charge in [-0.25, -0.2) is 4.79 Å². The second-order valence-corrected chi connectivity index (χ2v) is 11.7. The lowest BCUT2D eigenvalue weighted by atomic mass is 9.77. The molecule has 5 rings (SSSR count). The lowest BCUT2D eigenvalue weighted by Gasteiger charge is -2.39. The van der Waals surface area contributed by atoms with Crippen molar-refractivity contribution in [1.29, 1.82) is 0 Å². The first-order chi connectivity index (χ1) is 17.8. The van der Waals surface area contributed by atoms with E-state index in [0.29, 0.717) is 26.9 Å². The van der Waals surface area contributed by atoms with Crippen molar-refractivity contribution < 1.29 is 14.5 Å². The number of nitro groups is 1. The lowest BCUT2D eigenvalue weighted by Crippen LogP contribution is -2.31. The van der Waals surface area contributed by atoms with Gasteiger partial charge in [0.25, 0.3) is 5.69 Å². The number of halogens is 3. The van der Waals surface area contributed by atoms with Gasteiger partial charge in [-0.2, -0.15) is 0 Å². The Bertz CT molecular complexity index is 1370. The summed E-state index contributed by atoms with van der Waals surface area (Å²) in [5.41, 5.74) is 3.23. The minimum atomic E-state index is -0.389. The number of carbonyl (C=O) groups is 1. The first kappa shape index (κ1) is 26.2. The zero-order valence-electron chi connectivity index (χ0n) is 19.7. The Morgan fingerprint density at radius 2 is 1.92 bits per heavy atom. The molecule has 1 saturated carbocycles. The maximum Gasteiger partial charge on any atom is 0.338 e. The highest BCUT2D eigenvalue weighted by atomic mass is 35.5. The Balaban J connectivity index is 1.57. The van der Waals surface area contributed by atoms with E-state index in [9.17, 15) is 14.9 Å². The molecule has 1 fully saturated rings. The van der Waals surface area contributed by atoms with Crippen LogP contribution in [0.15, 0.2) is 65.6 Å². The van der Waals surface area contributed by atoms with Crippen LogP contribution in [-0.4, -0.2) is 28.1 Å². The highest BCUT2D eigenvalue weighted by Crippen LogP contribution is 2.58. The molecule has 1 aliphatic heterocycles. The molecule has 192 valence electrons. The van der Waals surface area contributed by atoms with Crippen LogP contribution in [0.3, 0.4) is 0 Å². The second kappa shape index (κ2) is 10.7. The molecule has 1 aliphatic carbocycles. The molecule has 3 aromatic carbocycles. The van der Waals surface area contributed by atoms with E-state index in [0.717, 1.165) is 16.8 Å². The summed E-state index contributed by atoms with van der Waals surface area (Å²) in [6, 6.07) is 17.5. The summed E-state index contributed by atoms with van der Waals surface area (Å²) in [7, 11) is 0. The number of para-hydroxylation sites is 1. The number of fused-ring (bicyclic) bond motifs is 3. The van der Waals surface area contributed by atoms with Crippen LogP contribution < -0.4 is 5.32 Å². The van der Waals surface area contributed by atoms with E-state index in [2.05, 4.69) is 5.32 Å². The molecular formula is C27H23Cl3N2O4S. The number of esters is 1. The number of benzene rings is 3. The third-order valence-electron chi connectivity index (χ3n) is 6.96. The van der Waals surface area contributed by atoms with Gasteiger partial charge in [0, 0.05) is 33.0 Å². The van der Waals surface area contributed by atoms with E-state index in [4.69, 9.17) is 39.5 Å². The SMILES string of the molecule is CCOC(=O)c1ccc2c(c1)[C@@H]1[C@H](Cl)[C@H](Sc3ccccc3[N+](=O)[O-])C[C@H]1[C@H](c1ccc(Cl)cc1Cl)N2. The van der Waals surface area contributed by atoms with Crippen LogP contribution in [0.4, 0.5) is 11.4 Å². The molecule has 0 amide bonds. The first-order valence-electron chi connectivity index (χ1n) is 11.8. The molecule has 0 radical (unpaired) electrons. The van der Waals surface area contributed by atoms with Crippen molar-refractivity contribution in [3.8, 4) is 0 Å². The minimum absolute atomic E-state index is 0.0198. The van der Waals surface area contributed by atoms with Crippen LogP contribution in [0, 0.1) is 16.0 Å².